The highest BCUT2D eigenvalue weighted by Crippen LogP contribution is 2.38. The van der Waals surface area contributed by atoms with Crippen molar-refractivity contribution >= 4 is 5.82 Å². The van der Waals surface area contributed by atoms with Gasteiger partial charge in [-0.15, -0.1) is 0 Å². The van der Waals surface area contributed by atoms with Gasteiger partial charge in [0.05, 0.1) is 19.9 Å². The minimum atomic E-state index is 0.164. The van der Waals surface area contributed by atoms with Crippen LogP contribution in [0.4, 0.5) is 5.82 Å². The van der Waals surface area contributed by atoms with Crippen LogP contribution in [-0.4, -0.2) is 24.2 Å². The summed E-state index contributed by atoms with van der Waals surface area (Å²) in [5, 5.41) is 9.56. The SMILES string of the molecule is COc1ccc(OC)c(-c2cc(-c3ccncc3)nc(N)c2C#N)c1. The van der Waals surface area contributed by atoms with Gasteiger partial charge in [-0.3, -0.25) is 4.98 Å². The highest BCUT2D eigenvalue weighted by molar-refractivity contribution is 5.83. The molecule has 25 heavy (non-hydrogen) atoms. The van der Waals surface area contributed by atoms with E-state index in [2.05, 4.69) is 16.0 Å². The number of rotatable bonds is 4. The lowest BCUT2D eigenvalue weighted by molar-refractivity contribution is 0.404. The van der Waals surface area contributed by atoms with Crippen LogP contribution in [0.25, 0.3) is 22.4 Å². The molecule has 0 fully saturated rings. The van der Waals surface area contributed by atoms with Crippen molar-refractivity contribution in [3.05, 3.63) is 54.4 Å². The van der Waals surface area contributed by atoms with E-state index >= 15 is 0 Å². The third-order valence-electron chi connectivity index (χ3n) is 3.83. The van der Waals surface area contributed by atoms with Crippen LogP contribution in [0.5, 0.6) is 11.5 Å². The number of hydrogen-bond donors (Lipinski definition) is 1. The molecule has 6 nitrogen and oxygen atoms in total. The average molecular weight is 332 g/mol. The molecule has 0 aliphatic heterocycles. The minimum absolute atomic E-state index is 0.164. The summed E-state index contributed by atoms with van der Waals surface area (Å²) < 4.78 is 10.7. The number of ether oxygens (including phenoxy) is 2. The Morgan fingerprint density at radius 3 is 2.40 bits per heavy atom. The summed E-state index contributed by atoms with van der Waals surface area (Å²) in [6.45, 7) is 0. The minimum Gasteiger partial charge on any atom is -0.497 e. The number of nitrogens with two attached hydrogens (primary N) is 1. The zero-order valence-electron chi connectivity index (χ0n) is 13.9. The third-order valence-corrected chi connectivity index (χ3v) is 3.83. The number of nitrogens with zero attached hydrogens (tertiary/aromatic N) is 3. The zero-order valence-corrected chi connectivity index (χ0v) is 13.9. The first-order valence-electron chi connectivity index (χ1n) is 7.51. The molecule has 2 heterocycles. The topological polar surface area (TPSA) is 94.1 Å². The number of nitriles is 1. The summed E-state index contributed by atoms with van der Waals surface area (Å²) >= 11 is 0. The molecule has 0 saturated carbocycles. The lowest BCUT2D eigenvalue weighted by Crippen LogP contribution is -2.01. The third kappa shape index (κ3) is 3.08. The second-order valence-electron chi connectivity index (χ2n) is 5.23. The van der Waals surface area contributed by atoms with E-state index in [1.54, 1.807) is 38.7 Å². The number of methoxy groups -OCH3 is 2. The van der Waals surface area contributed by atoms with Gasteiger partial charge < -0.3 is 15.2 Å². The van der Waals surface area contributed by atoms with Crippen LogP contribution in [0.1, 0.15) is 5.56 Å². The number of aromatic nitrogens is 2. The Labute approximate surface area is 145 Å². The largest absolute Gasteiger partial charge is 0.497 e. The van der Waals surface area contributed by atoms with Crippen molar-refractivity contribution < 1.29 is 9.47 Å². The Balaban J connectivity index is 2.29. The molecule has 3 rings (SSSR count). The highest BCUT2D eigenvalue weighted by Gasteiger charge is 2.17. The summed E-state index contributed by atoms with van der Waals surface area (Å²) in [5.41, 5.74) is 9.20. The molecule has 0 unspecified atom stereocenters. The van der Waals surface area contributed by atoms with Crippen LogP contribution in [0.2, 0.25) is 0 Å². The first kappa shape index (κ1) is 16.3. The molecule has 0 aliphatic carbocycles. The standard InChI is InChI=1S/C19H16N4O2/c1-24-13-3-4-18(25-2)15(9-13)14-10-17(12-5-7-22-8-6-12)23-19(21)16(14)11-20/h3-10H,1-2H3,(H2,21,23). The maximum absolute atomic E-state index is 9.56. The van der Waals surface area contributed by atoms with Gasteiger partial charge in [0.25, 0.3) is 0 Å². The molecule has 2 aromatic heterocycles. The van der Waals surface area contributed by atoms with E-state index in [1.807, 2.05) is 24.3 Å². The second-order valence-corrected chi connectivity index (χ2v) is 5.23. The maximum atomic E-state index is 9.56. The van der Waals surface area contributed by atoms with Gasteiger partial charge in [-0.25, -0.2) is 4.98 Å². The quantitative estimate of drug-likeness (QED) is 0.788. The summed E-state index contributed by atoms with van der Waals surface area (Å²) in [6.07, 6.45) is 3.36. The Morgan fingerprint density at radius 2 is 1.76 bits per heavy atom. The van der Waals surface area contributed by atoms with Gasteiger partial charge in [0.15, 0.2) is 0 Å². The lowest BCUT2D eigenvalue weighted by atomic mass is 9.97. The predicted octanol–water partition coefficient (Wildman–Crippen LogP) is 3.28. The van der Waals surface area contributed by atoms with Gasteiger partial charge in [-0.1, -0.05) is 0 Å². The van der Waals surface area contributed by atoms with Crippen molar-refractivity contribution in [2.24, 2.45) is 0 Å². The first-order valence-corrected chi connectivity index (χ1v) is 7.51. The maximum Gasteiger partial charge on any atom is 0.142 e. The molecule has 0 saturated heterocycles. The molecule has 3 aromatic rings. The molecule has 1 aromatic carbocycles. The smallest absolute Gasteiger partial charge is 0.142 e. The van der Waals surface area contributed by atoms with Crippen LogP contribution < -0.4 is 15.2 Å². The highest BCUT2D eigenvalue weighted by atomic mass is 16.5. The number of benzene rings is 1. The van der Waals surface area contributed by atoms with E-state index in [-0.39, 0.29) is 5.82 Å². The van der Waals surface area contributed by atoms with E-state index in [0.717, 1.165) is 5.56 Å². The van der Waals surface area contributed by atoms with Crippen molar-refractivity contribution in [1.29, 1.82) is 5.26 Å². The van der Waals surface area contributed by atoms with Crippen molar-refractivity contribution in [3.8, 4) is 40.0 Å². The van der Waals surface area contributed by atoms with Crippen LogP contribution in [-0.2, 0) is 0 Å². The summed E-state index contributed by atoms with van der Waals surface area (Å²) in [7, 11) is 3.16. The Kier molecular flexibility index (Phi) is 4.48. The monoisotopic (exact) mass is 332 g/mol. The van der Waals surface area contributed by atoms with Crippen molar-refractivity contribution in [1.82, 2.24) is 9.97 Å². The van der Waals surface area contributed by atoms with Gasteiger partial charge >= 0.3 is 0 Å². The molecule has 0 aliphatic rings. The summed E-state index contributed by atoms with van der Waals surface area (Å²) in [6, 6.07) is 13.0. The fourth-order valence-corrected chi connectivity index (χ4v) is 2.59. The lowest BCUT2D eigenvalue weighted by Gasteiger charge is -2.14. The van der Waals surface area contributed by atoms with Gasteiger partial charge in [0, 0.05) is 29.1 Å². The van der Waals surface area contributed by atoms with Crippen LogP contribution in [0.15, 0.2) is 48.8 Å². The number of pyridine rings is 2. The van der Waals surface area contributed by atoms with E-state index in [0.29, 0.717) is 33.9 Å². The molecular formula is C19H16N4O2. The molecule has 2 N–H and O–H groups in total. The van der Waals surface area contributed by atoms with Gasteiger partial charge in [0.1, 0.15) is 28.9 Å². The fraction of sp³-hybridized carbons (Fsp3) is 0.105. The van der Waals surface area contributed by atoms with E-state index in [4.69, 9.17) is 15.2 Å². The fourth-order valence-electron chi connectivity index (χ4n) is 2.59. The van der Waals surface area contributed by atoms with Gasteiger partial charge in [-0.05, 0) is 36.4 Å². The number of nitrogen functional groups attached to an aromatic ring is 1. The van der Waals surface area contributed by atoms with E-state index in [1.165, 1.54) is 0 Å². The van der Waals surface area contributed by atoms with E-state index < -0.39 is 0 Å². The second kappa shape index (κ2) is 6.89. The van der Waals surface area contributed by atoms with Gasteiger partial charge in [0.2, 0.25) is 0 Å². The summed E-state index contributed by atoms with van der Waals surface area (Å²) in [4.78, 5) is 8.36. The van der Waals surface area contributed by atoms with Crippen LogP contribution in [0, 0.1) is 11.3 Å². The van der Waals surface area contributed by atoms with Crippen molar-refractivity contribution in [2.75, 3.05) is 20.0 Å². The zero-order chi connectivity index (χ0) is 17.8. The average Bonchev–Trinajstić information content (AvgIpc) is 2.67. The molecule has 0 atom stereocenters. The molecule has 0 radical (unpaired) electrons. The molecule has 0 spiro atoms. The van der Waals surface area contributed by atoms with Gasteiger partial charge in [-0.2, -0.15) is 5.26 Å². The molecule has 0 amide bonds. The Bertz CT molecular complexity index is 950. The number of hydrogen-bond acceptors (Lipinski definition) is 6. The Hall–Kier alpha value is -3.59. The van der Waals surface area contributed by atoms with Crippen LogP contribution >= 0.6 is 0 Å². The van der Waals surface area contributed by atoms with Crippen molar-refractivity contribution in [3.63, 3.8) is 0 Å². The molecular weight excluding hydrogens is 316 g/mol. The molecule has 6 heteroatoms. The van der Waals surface area contributed by atoms with Crippen molar-refractivity contribution in [2.45, 2.75) is 0 Å². The summed E-state index contributed by atoms with van der Waals surface area (Å²) in [5.74, 6) is 1.43. The van der Waals surface area contributed by atoms with Crippen LogP contribution in [0.3, 0.4) is 0 Å². The Morgan fingerprint density at radius 1 is 1.00 bits per heavy atom. The predicted molar refractivity (Wildman–Crippen MR) is 95.1 cm³/mol. The molecule has 124 valence electrons. The number of anilines is 1. The molecule has 0 bridgehead atoms. The normalized spacial score (nSPS) is 10.1. The first-order chi connectivity index (χ1) is 12.2. The van der Waals surface area contributed by atoms with E-state index in [9.17, 15) is 5.26 Å².